The van der Waals surface area contributed by atoms with Gasteiger partial charge in [0, 0.05) is 24.5 Å². The summed E-state index contributed by atoms with van der Waals surface area (Å²) in [6.45, 7) is 2.76. The molecule has 0 spiro atoms. The van der Waals surface area contributed by atoms with Gasteiger partial charge >= 0.3 is 0 Å². The van der Waals surface area contributed by atoms with Crippen LogP contribution in [-0.2, 0) is 20.0 Å². The van der Waals surface area contributed by atoms with Crippen LogP contribution in [0.5, 0.6) is 5.75 Å². The first-order chi connectivity index (χ1) is 18.1. The summed E-state index contributed by atoms with van der Waals surface area (Å²) < 4.78 is 61.3. The third kappa shape index (κ3) is 6.35. The number of benzene rings is 3. The maximum absolute atomic E-state index is 13.2. The van der Waals surface area contributed by atoms with Crippen molar-refractivity contribution in [3.05, 3.63) is 77.9 Å². The summed E-state index contributed by atoms with van der Waals surface area (Å²) in [5.74, 6) is -0.359. The Morgan fingerprint density at radius 3 is 2.11 bits per heavy atom. The van der Waals surface area contributed by atoms with Crippen molar-refractivity contribution in [2.45, 2.75) is 42.4 Å². The van der Waals surface area contributed by atoms with Crippen LogP contribution in [0.3, 0.4) is 0 Å². The van der Waals surface area contributed by atoms with Gasteiger partial charge in [-0.05, 0) is 79.9 Å². The monoisotopic (exact) mass is 557 g/mol. The Morgan fingerprint density at radius 2 is 1.47 bits per heavy atom. The van der Waals surface area contributed by atoms with Gasteiger partial charge in [0.05, 0.1) is 22.5 Å². The van der Waals surface area contributed by atoms with Crippen molar-refractivity contribution in [1.29, 1.82) is 0 Å². The van der Waals surface area contributed by atoms with Gasteiger partial charge in [-0.1, -0.05) is 25.0 Å². The fourth-order valence-corrected chi connectivity index (χ4v) is 6.89. The van der Waals surface area contributed by atoms with Crippen molar-refractivity contribution in [2.75, 3.05) is 30.2 Å². The number of nitrogens with zero attached hydrogens (tertiary/aromatic N) is 1. The van der Waals surface area contributed by atoms with Crippen LogP contribution in [0.25, 0.3) is 0 Å². The molecule has 1 aliphatic rings. The van der Waals surface area contributed by atoms with Crippen molar-refractivity contribution in [3.63, 3.8) is 0 Å². The van der Waals surface area contributed by atoms with Crippen LogP contribution in [0.1, 0.15) is 41.6 Å². The summed E-state index contributed by atoms with van der Waals surface area (Å²) in [6, 6.07) is 16.9. The van der Waals surface area contributed by atoms with E-state index < -0.39 is 26.0 Å². The van der Waals surface area contributed by atoms with Gasteiger partial charge in [-0.25, -0.2) is 16.8 Å². The second-order valence-corrected chi connectivity index (χ2v) is 12.8. The Hall–Kier alpha value is -3.41. The van der Waals surface area contributed by atoms with E-state index in [0.29, 0.717) is 24.5 Å². The van der Waals surface area contributed by atoms with Crippen molar-refractivity contribution in [2.24, 2.45) is 0 Å². The molecule has 0 atom stereocenters. The van der Waals surface area contributed by atoms with Crippen molar-refractivity contribution >= 4 is 37.3 Å². The Morgan fingerprint density at radius 1 is 0.816 bits per heavy atom. The number of aryl methyl sites for hydroxylation is 1. The molecule has 3 aromatic carbocycles. The molecule has 0 unspecified atom stereocenters. The van der Waals surface area contributed by atoms with Gasteiger partial charge in [0.1, 0.15) is 5.75 Å². The number of carbonyl (C=O) groups excluding carboxylic acids is 1. The van der Waals surface area contributed by atoms with Crippen molar-refractivity contribution in [1.82, 2.24) is 4.31 Å². The van der Waals surface area contributed by atoms with E-state index in [1.807, 2.05) is 13.0 Å². The largest absolute Gasteiger partial charge is 0.496 e. The number of carbonyl (C=O) groups is 1. The molecule has 3 aromatic rings. The molecule has 1 fully saturated rings. The van der Waals surface area contributed by atoms with E-state index in [0.717, 1.165) is 31.2 Å². The van der Waals surface area contributed by atoms with Gasteiger partial charge in [-0.15, -0.1) is 0 Å². The molecule has 2 N–H and O–H groups in total. The lowest BCUT2D eigenvalue weighted by Gasteiger charge is -2.20. The highest BCUT2D eigenvalue weighted by molar-refractivity contribution is 7.92. The first-order valence-electron chi connectivity index (χ1n) is 12.3. The lowest BCUT2D eigenvalue weighted by Crippen LogP contribution is -2.32. The molecule has 0 aromatic heterocycles. The maximum Gasteiger partial charge on any atom is 0.261 e. The molecule has 202 valence electrons. The molecule has 9 nitrogen and oxygen atoms in total. The minimum atomic E-state index is -3.83. The summed E-state index contributed by atoms with van der Waals surface area (Å²) in [5, 5.41) is 2.69. The van der Waals surface area contributed by atoms with Crippen LogP contribution < -0.4 is 14.8 Å². The SMILES string of the molecule is COc1ccc(S(=O)(=O)N2CCCCCC2)cc1C(=O)Nc1ccc(S(=O)(=O)Nc2cccc(C)c2)cc1. The molecule has 0 bridgehead atoms. The number of amides is 1. The maximum atomic E-state index is 13.2. The number of methoxy groups -OCH3 is 1. The fourth-order valence-electron chi connectivity index (χ4n) is 4.29. The quantitative estimate of drug-likeness (QED) is 0.417. The van der Waals surface area contributed by atoms with Gasteiger partial charge in [0.15, 0.2) is 0 Å². The number of ether oxygens (including phenoxy) is 1. The van der Waals surface area contributed by atoms with Crippen molar-refractivity contribution in [3.8, 4) is 5.75 Å². The minimum Gasteiger partial charge on any atom is -0.496 e. The Bertz CT molecular complexity index is 1510. The molecule has 0 saturated carbocycles. The third-order valence-corrected chi connectivity index (χ3v) is 9.60. The van der Waals surface area contributed by atoms with Crippen molar-refractivity contribution < 1.29 is 26.4 Å². The first kappa shape index (κ1) is 27.6. The van der Waals surface area contributed by atoms with E-state index in [1.165, 1.54) is 53.9 Å². The number of hydrogen-bond acceptors (Lipinski definition) is 6. The minimum absolute atomic E-state index is 0.0222. The van der Waals surface area contributed by atoms with E-state index in [9.17, 15) is 21.6 Å². The van der Waals surface area contributed by atoms with Crippen LogP contribution in [0.15, 0.2) is 76.5 Å². The second kappa shape index (κ2) is 11.5. The average Bonchev–Trinajstić information content (AvgIpc) is 3.19. The molecule has 4 rings (SSSR count). The molecule has 0 aliphatic carbocycles. The Balaban J connectivity index is 1.53. The molecule has 1 aliphatic heterocycles. The summed E-state index contributed by atoms with van der Waals surface area (Å²) in [5.41, 5.74) is 1.76. The normalized spacial score (nSPS) is 14.9. The molecule has 0 radical (unpaired) electrons. The van der Waals surface area contributed by atoms with Crippen LogP contribution >= 0.6 is 0 Å². The number of sulfonamides is 2. The van der Waals surface area contributed by atoms with E-state index in [4.69, 9.17) is 4.74 Å². The number of hydrogen-bond donors (Lipinski definition) is 2. The number of anilines is 2. The molecule has 1 amide bonds. The van der Waals surface area contributed by atoms with Gasteiger partial charge in [0.2, 0.25) is 10.0 Å². The zero-order chi connectivity index (χ0) is 27.3. The van der Waals surface area contributed by atoms with E-state index >= 15 is 0 Å². The predicted octanol–water partition coefficient (Wildman–Crippen LogP) is 4.62. The van der Waals surface area contributed by atoms with E-state index in [2.05, 4.69) is 10.0 Å². The number of nitrogens with one attached hydrogen (secondary N) is 2. The lowest BCUT2D eigenvalue weighted by atomic mass is 10.2. The third-order valence-electron chi connectivity index (χ3n) is 6.31. The molecular formula is C27H31N3O6S2. The lowest BCUT2D eigenvalue weighted by molar-refractivity contribution is 0.102. The zero-order valence-corrected chi connectivity index (χ0v) is 22.9. The molecule has 1 heterocycles. The average molecular weight is 558 g/mol. The van der Waals surface area contributed by atoms with Crippen LogP contribution in [0, 0.1) is 6.92 Å². The van der Waals surface area contributed by atoms with Gasteiger partial charge in [-0.3, -0.25) is 9.52 Å². The Labute approximate surface area is 223 Å². The second-order valence-electron chi connectivity index (χ2n) is 9.13. The highest BCUT2D eigenvalue weighted by Gasteiger charge is 2.27. The number of rotatable bonds is 8. The molecule has 38 heavy (non-hydrogen) atoms. The molecular weight excluding hydrogens is 526 g/mol. The van der Waals surface area contributed by atoms with Gasteiger partial charge < -0.3 is 10.1 Å². The fraction of sp³-hybridized carbons (Fsp3) is 0.296. The topological polar surface area (TPSA) is 122 Å². The first-order valence-corrected chi connectivity index (χ1v) is 15.2. The van der Waals surface area contributed by atoms with Gasteiger partial charge in [-0.2, -0.15) is 4.31 Å². The Kier molecular flexibility index (Phi) is 8.39. The van der Waals surface area contributed by atoms with Gasteiger partial charge in [0.25, 0.3) is 15.9 Å². The highest BCUT2D eigenvalue weighted by Crippen LogP contribution is 2.27. The zero-order valence-electron chi connectivity index (χ0n) is 21.3. The van der Waals surface area contributed by atoms with Crippen LogP contribution in [0.4, 0.5) is 11.4 Å². The molecule has 1 saturated heterocycles. The van der Waals surface area contributed by atoms with E-state index in [1.54, 1.807) is 18.2 Å². The standard InChI is InChI=1S/C27H31N3O6S2/c1-20-8-7-9-22(18-20)29-37(32,33)23-12-10-21(11-13-23)28-27(31)25-19-24(14-15-26(25)36-2)38(34,35)30-16-5-3-4-6-17-30/h7-15,18-19,29H,3-6,16-17H2,1-2H3,(H,28,31). The molecule has 11 heteroatoms. The smallest absolute Gasteiger partial charge is 0.261 e. The summed E-state index contributed by atoms with van der Waals surface area (Å²) in [7, 11) is -6.19. The summed E-state index contributed by atoms with van der Waals surface area (Å²) in [6.07, 6.45) is 3.58. The highest BCUT2D eigenvalue weighted by atomic mass is 32.2. The predicted molar refractivity (Wildman–Crippen MR) is 147 cm³/mol. The summed E-state index contributed by atoms with van der Waals surface area (Å²) in [4.78, 5) is 13.2. The van der Waals surface area contributed by atoms with Crippen LogP contribution in [-0.4, -0.2) is 47.2 Å². The van der Waals surface area contributed by atoms with E-state index in [-0.39, 0.29) is 21.1 Å². The van der Waals surface area contributed by atoms with Crippen LogP contribution in [0.2, 0.25) is 0 Å². The summed E-state index contributed by atoms with van der Waals surface area (Å²) >= 11 is 0.